The first-order valence-corrected chi connectivity index (χ1v) is 11.7. The van der Waals surface area contributed by atoms with Crippen LogP contribution in [0.3, 0.4) is 0 Å². The molecule has 1 heterocycles. The standard InChI is InChI=1S/C25H28N2O3S/c1-16(13-17-7-12-22(28)23(29)14-17)24(30)27-25-26-21(15-31-25)20-10-8-19(9-11-20)18-5-3-2-4-6-18/h7-12,14-16,18,28-29H,2-6,13H2,1H3,(H,26,27,30). The number of aromatic nitrogens is 1. The van der Waals surface area contributed by atoms with Gasteiger partial charge in [0, 0.05) is 16.9 Å². The molecule has 1 fully saturated rings. The molecule has 1 saturated carbocycles. The van der Waals surface area contributed by atoms with Gasteiger partial charge in [-0.25, -0.2) is 4.98 Å². The fraction of sp³-hybridized carbons (Fsp3) is 0.360. The van der Waals surface area contributed by atoms with Gasteiger partial charge in [-0.15, -0.1) is 11.3 Å². The number of phenols is 2. The minimum Gasteiger partial charge on any atom is -0.504 e. The number of nitrogens with one attached hydrogen (secondary N) is 1. The molecule has 162 valence electrons. The Hall–Kier alpha value is -2.86. The predicted molar refractivity (Wildman–Crippen MR) is 125 cm³/mol. The Labute approximate surface area is 186 Å². The van der Waals surface area contributed by atoms with Gasteiger partial charge in [-0.1, -0.05) is 56.5 Å². The molecule has 31 heavy (non-hydrogen) atoms. The van der Waals surface area contributed by atoms with Gasteiger partial charge in [0.05, 0.1) is 5.69 Å². The fourth-order valence-corrected chi connectivity index (χ4v) is 4.92. The lowest BCUT2D eigenvalue weighted by atomic mass is 9.84. The number of carbonyl (C=O) groups is 1. The van der Waals surface area contributed by atoms with Crippen molar-refractivity contribution in [2.75, 3.05) is 5.32 Å². The SMILES string of the molecule is CC(Cc1ccc(O)c(O)c1)C(=O)Nc1nc(-c2ccc(C3CCCCC3)cc2)cs1. The van der Waals surface area contributed by atoms with Gasteiger partial charge in [0.1, 0.15) is 0 Å². The largest absolute Gasteiger partial charge is 0.504 e. The minimum atomic E-state index is -0.300. The number of aromatic hydroxyl groups is 2. The topological polar surface area (TPSA) is 82.5 Å². The Morgan fingerprint density at radius 2 is 1.84 bits per heavy atom. The maximum Gasteiger partial charge on any atom is 0.229 e. The molecule has 1 unspecified atom stereocenters. The van der Waals surface area contributed by atoms with E-state index in [0.29, 0.717) is 17.5 Å². The van der Waals surface area contributed by atoms with Gasteiger partial charge >= 0.3 is 0 Å². The molecular formula is C25H28N2O3S. The Morgan fingerprint density at radius 3 is 2.55 bits per heavy atom. The van der Waals surface area contributed by atoms with Crippen molar-refractivity contribution >= 4 is 22.4 Å². The van der Waals surface area contributed by atoms with Crippen molar-refractivity contribution in [3.8, 4) is 22.8 Å². The van der Waals surface area contributed by atoms with Crippen molar-refractivity contribution in [2.24, 2.45) is 5.92 Å². The predicted octanol–water partition coefficient (Wildman–Crippen LogP) is 6.09. The van der Waals surface area contributed by atoms with Crippen LogP contribution < -0.4 is 5.32 Å². The molecule has 1 aliphatic carbocycles. The molecule has 0 saturated heterocycles. The Balaban J connectivity index is 1.36. The zero-order valence-electron chi connectivity index (χ0n) is 17.7. The highest BCUT2D eigenvalue weighted by atomic mass is 32.1. The van der Waals surface area contributed by atoms with E-state index in [9.17, 15) is 15.0 Å². The first-order chi connectivity index (χ1) is 15.0. The van der Waals surface area contributed by atoms with E-state index in [0.717, 1.165) is 16.8 Å². The number of anilines is 1. The van der Waals surface area contributed by atoms with E-state index in [1.165, 1.54) is 61.1 Å². The molecule has 1 atom stereocenters. The highest BCUT2D eigenvalue weighted by molar-refractivity contribution is 7.14. The summed E-state index contributed by atoms with van der Waals surface area (Å²) in [7, 11) is 0. The van der Waals surface area contributed by atoms with Crippen molar-refractivity contribution in [1.82, 2.24) is 4.98 Å². The molecule has 0 radical (unpaired) electrons. The van der Waals surface area contributed by atoms with Crippen molar-refractivity contribution in [1.29, 1.82) is 0 Å². The third kappa shape index (κ3) is 5.25. The second-order valence-corrected chi connectivity index (χ2v) is 9.27. The van der Waals surface area contributed by atoms with Crippen molar-refractivity contribution < 1.29 is 15.0 Å². The Bertz CT molecular complexity index is 1040. The Kier molecular flexibility index (Phi) is 6.56. The van der Waals surface area contributed by atoms with Crippen LogP contribution in [0.2, 0.25) is 0 Å². The number of hydrogen-bond acceptors (Lipinski definition) is 5. The number of benzene rings is 2. The van der Waals surface area contributed by atoms with Crippen LogP contribution in [0.25, 0.3) is 11.3 Å². The summed E-state index contributed by atoms with van der Waals surface area (Å²) >= 11 is 1.42. The molecule has 1 amide bonds. The molecule has 0 spiro atoms. The first kappa shape index (κ1) is 21.4. The van der Waals surface area contributed by atoms with E-state index in [4.69, 9.17) is 0 Å². The van der Waals surface area contributed by atoms with Crippen LogP contribution >= 0.6 is 11.3 Å². The molecule has 0 aliphatic heterocycles. The number of nitrogens with zero attached hydrogens (tertiary/aromatic N) is 1. The number of amides is 1. The summed E-state index contributed by atoms with van der Waals surface area (Å²) < 4.78 is 0. The highest BCUT2D eigenvalue weighted by Crippen LogP contribution is 2.34. The molecule has 3 N–H and O–H groups in total. The van der Waals surface area contributed by atoms with Gasteiger partial charge in [-0.3, -0.25) is 4.79 Å². The van der Waals surface area contributed by atoms with E-state index in [-0.39, 0.29) is 23.3 Å². The van der Waals surface area contributed by atoms with Crippen LogP contribution in [-0.2, 0) is 11.2 Å². The normalized spacial score (nSPS) is 15.5. The third-order valence-electron chi connectivity index (χ3n) is 6.05. The summed E-state index contributed by atoms with van der Waals surface area (Å²) in [6.45, 7) is 1.83. The number of carbonyl (C=O) groups excluding carboxylic acids is 1. The molecule has 1 aromatic heterocycles. The van der Waals surface area contributed by atoms with Crippen LogP contribution in [0, 0.1) is 5.92 Å². The minimum absolute atomic E-state index is 0.124. The monoisotopic (exact) mass is 436 g/mol. The Morgan fingerprint density at radius 1 is 1.10 bits per heavy atom. The molecule has 0 bridgehead atoms. The van der Waals surface area contributed by atoms with Crippen molar-refractivity contribution in [3.05, 3.63) is 59.0 Å². The van der Waals surface area contributed by atoms with Gasteiger partial charge in [-0.05, 0) is 48.4 Å². The van der Waals surface area contributed by atoms with Crippen molar-refractivity contribution in [2.45, 2.75) is 51.4 Å². The average molecular weight is 437 g/mol. The second-order valence-electron chi connectivity index (χ2n) is 8.41. The summed E-state index contributed by atoms with van der Waals surface area (Å²) in [5.41, 5.74) is 4.13. The summed E-state index contributed by atoms with van der Waals surface area (Å²) in [5, 5.41) is 24.5. The maximum absolute atomic E-state index is 12.6. The lowest BCUT2D eigenvalue weighted by Gasteiger charge is -2.22. The van der Waals surface area contributed by atoms with Crippen LogP contribution in [-0.4, -0.2) is 21.1 Å². The number of thiazole rings is 1. The van der Waals surface area contributed by atoms with Gasteiger partial charge < -0.3 is 15.5 Å². The number of phenolic OH excluding ortho intramolecular Hbond substituents is 2. The molecular weight excluding hydrogens is 408 g/mol. The zero-order chi connectivity index (χ0) is 21.8. The van der Waals surface area contributed by atoms with E-state index in [2.05, 4.69) is 34.6 Å². The molecule has 4 rings (SSSR count). The summed E-state index contributed by atoms with van der Waals surface area (Å²) in [6.07, 6.45) is 7.04. The molecule has 5 nitrogen and oxygen atoms in total. The molecule has 2 aromatic carbocycles. The van der Waals surface area contributed by atoms with E-state index >= 15 is 0 Å². The van der Waals surface area contributed by atoms with E-state index < -0.39 is 0 Å². The van der Waals surface area contributed by atoms with E-state index in [1.54, 1.807) is 6.07 Å². The third-order valence-corrected chi connectivity index (χ3v) is 6.80. The van der Waals surface area contributed by atoms with Crippen LogP contribution in [0.1, 0.15) is 56.1 Å². The van der Waals surface area contributed by atoms with Gasteiger partial charge in [0.25, 0.3) is 0 Å². The molecule has 1 aliphatic rings. The molecule has 3 aromatic rings. The maximum atomic E-state index is 12.6. The lowest BCUT2D eigenvalue weighted by molar-refractivity contribution is -0.119. The first-order valence-electron chi connectivity index (χ1n) is 10.9. The number of rotatable bonds is 6. The van der Waals surface area contributed by atoms with Crippen molar-refractivity contribution in [3.63, 3.8) is 0 Å². The number of hydrogen-bond donors (Lipinski definition) is 3. The van der Waals surface area contributed by atoms with Crippen LogP contribution in [0.15, 0.2) is 47.8 Å². The lowest BCUT2D eigenvalue weighted by Crippen LogP contribution is -2.22. The average Bonchev–Trinajstić information content (AvgIpc) is 3.25. The summed E-state index contributed by atoms with van der Waals surface area (Å²) in [4.78, 5) is 17.2. The summed E-state index contributed by atoms with van der Waals surface area (Å²) in [5.74, 6) is -0.0793. The summed E-state index contributed by atoms with van der Waals surface area (Å²) in [6, 6.07) is 13.3. The van der Waals surface area contributed by atoms with Crippen LogP contribution in [0.4, 0.5) is 5.13 Å². The molecule has 6 heteroatoms. The quantitative estimate of drug-likeness (QED) is 0.409. The zero-order valence-corrected chi connectivity index (χ0v) is 18.5. The second kappa shape index (κ2) is 9.52. The van der Waals surface area contributed by atoms with Gasteiger partial charge in [-0.2, -0.15) is 0 Å². The van der Waals surface area contributed by atoms with Crippen LogP contribution in [0.5, 0.6) is 11.5 Å². The van der Waals surface area contributed by atoms with E-state index in [1.807, 2.05) is 12.3 Å². The van der Waals surface area contributed by atoms with Gasteiger partial charge in [0.15, 0.2) is 16.6 Å². The highest BCUT2D eigenvalue weighted by Gasteiger charge is 2.18. The smallest absolute Gasteiger partial charge is 0.229 e. The van der Waals surface area contributed by atoms with Gasteiger partial charge in [0.2, 0.25) is 5.91 Å². The fourth-order valence-electron chi connectivity index (χ4n) is 4.20.